The molecule has 0 aromatic heterocycles. The average molecular weight is 344 g/mol. The number of carbonyl (C=O) groups is 1. The molecule has 0 aliphatic carbocycles. The van der Waals surface area contributed by atoms with Crippen LogP contribution in [0.25, 0.3) is 0 Å². The van der Waals surface area contributed by atoms with Crippen molar-refractivity contribution in [3.8, 4) is 5.75 Å². The van der Waals surface area contributed by atoms with Crippen molar-refractivity contribution in [1.82, 2.24) is 0 Å². The second-order valence-electron chi connectivity index (χ2n) is 7.08. The fraction of sp³-hybridized carbons (Fsp3) is 0.350. The zero-order valence-electron chi connectivity index (χ0n) is 14.3. The Morgan fingerprint density at radius 2 is 1.92 bits per heavy atom. The van der Waals surface area contributed by atoms with Gasteiger partial charge in [-0.1, -0.05) is 62.7 Å². The van der Waals surface area contributed by atoms with Gasteiger partial charge >= 0.3 is 0 Å². The van der Waals surface area contributed by atoms with Crippen LogP contribution in [0.4, 0.5) is 5.69 Å². The van der Waals surface area contributed by atoms with E-state index in [4.69, 9.17) is 16.3 Å². The zero-order valence-corrected chi connectivity index (χ0v) is 15.1. The van der Waals surface area contributed by atoms with Crippen molar-refractivity contribution in [1.29, 1.82) is 0 Å². The van der Waals surface area contributed by atoms with Crippen molar-refractivity contribution in [3.63, 3.8) is 0 Å². The van der Waals surface area contributed by atoms with Crippen LogP contribution in [0.1, 0.15) is 31.9 Å². The molecule has 3 nitrogen and oxygen atoms in total. The quantitative estimate of drug-likeness (QED) is 0.814. The number of carbonyl (C=O) groups excluding carboxylic acids is 1. The van der Waals surface area contributed by atoms with E-state index in [1.807, 2.05) is 36.4 Å². The largest absolute Gasteiger partial charge is 0.482 e. The summed E-state index contributed by atoms with van der Waals surface area (Å²) in [5.74, 6) is 0.516. The van der Waals surface area contributed by atoms with Crippen molar-refractivity contribution < 1.29 is 9.53 Å². The Morgan fingerprint density at radius 3 is 2.67 bits per heavy atom. The molecule has 4 heteroatoms. The lowest BCUT2D eigenvalue weighted by molar-refractivity contribution is -0.120. The summed E-state index contributed by atoms with van der Waals surface area (Å²) in [7, 11) is 0. The molecule has 0 N–H and O–H groups in total. The molecule has 0 atom stereocenters. The maximum absolute atomic E-state index is 12.5. The van der Waals surface area contributed by atoms with E-state index >= 15 is 0 Å². The SMILES string of the molecule is CC(C)(C)c1cccc(OCC(=O)N2CCc3ccccc32)c1Cl. The highest BCUT2D eigenvalue weighted by atomic mass is 35.5. The number of anilines is 1. The second-order valence-corrected chi connectivity index (χ2v) is 7.46. The summed E-state index contributed by atoms with van der Waals surface area (Å²) in [4.78, 5) is 14.3. The van der Waals surface area contributed by atoms with Crippen molar-refractivity contribution in [2.24, 2.45) is 0 Å². The van der Waals surface area contributed by atoms with Crippen LogP contribution in [0.3, 0.4) is 0 Å². The third-order valence-corrected chi connectivity index (χ3v) is 4.70. The van der Waals surface area contributed by atoms with E-state index in [2.05, 4.69) is 26.8 Å². The van der Waals surface area contributed by atoms with E-state index in [9.17, 15) is 4.79 Å². The first-order chi connectivity index (χ1) is 11.4. The van der Waals surface area contributed by atoms with E-state index in [1.54, 1.807) is 4.90 Å². The lowest BCUT2D eigenvalue weighted by Gasteiger charge is -2.22. The number of hydrogen-bond donors (Lipinski definition) is 0. The molecule has 1 aliphatic heterocycles. The summed E-state index contributed by atoms with van der Waals surface area (Å²) in [5.41, 5.74) is 3.13. The van der Waals surface area contributed by atoms with E-state index in [0.717, 1.165) is 17.7 Å². The topological polar surface area (TPSA) is 29.5 Å². The molecule has 1 heterocycles. The van der Waals surface area contributed by atoms with Crippen LogP contribution in [-0.4, -0.2) is 19.1 Å². The molecule has 0 radical (unpaired) electrons. The lowest BCUT2D eigenvalue weighted by atomic mass is 9.87. The van der Waals surface area contributed by atoms with Crippen LogP contribution >= 0.6 is 11.6 Å². The molecular weight excluding hydrogens is 322 g/mol. The fourth-order valence-corrected chi connectivity index (χ4v) is 3.48. The molecule has 0 fully saturated rings. The molecule has 0 spiro atoms. The Hall–Kier alpha value is -2.00. The van der Waals surface area contributed by atoms with E-state index < -0.39 is 0 Å². The van der Waals surface area contributed by atoms with Crippen LogP contribution in [0.5, 0.6) is 5.75 Å². The summed E-state index contributed by atoms with van der Waals surface area (Å²) < 4.78 is 5.74. The van der Waals surface area contributed by atoms with Crippen LogP contribution in [0, 0.1) is 0 Å². The number of rotatable bonds is 3. The monoisotopic (exact) mass is 343 g/mol. The second kappa shape index (κ2) is 6.48. The molecule has 0 saturated heterocycles. The third-order valence-electron chi connectivity index (χ3n) is 4.31. The zero-order chi connectivity index (χ0) is 17.3. The van der Waals surface area contributed by atoms with Gasteiger partial charge in [-0.15, -0.1) is 0 Å². The van der Waals surface area contributed by atoms with Gasteiger partial charge in [-0.25, -0.2) is 0 Å². The molecule has 0 saturated carbocycles. The third kappa shape index (κ3) is 3.27. The molecular formula is C20H22ClNO2. The molecule has 24 heavy (non-hydrogen) atoms. The number of hydrogen-bond acceptors (Lipinski definition) is 2. The van der Waals surface area contributed by atoms with Gasteiger partial charge in [0.2, 0.25) is 0 Å². The lowest BCUT2D eigenvalue weighted by Crippen LogP contribution is -2.33. The summed E-state index contributed by atoms with van der Waals surface area (Å²) in [6, 6.07) is 13.7. The minimum Gasteiger partial charge on any atom is -0.482 e. The van der Waals surface area contributed by atoms with Crippen LogP contribution < -0.4 is 9.64 Å². The predicted octanol–water partition coefficient (Wildman–Crippen LogP) is 4.61. The Balaban J connectivity index is 1.72. The van der Waals surface area contributed by atoms with Crippen molar-refractivity contribution in [3.05, 3.63) is 58.6 Å². The molecule has 126 valence electrons. The Bertz CT molecular complexity index is 764. The molecule has 0 unspecified atom stereocenters. The molecule has 2 aromatic rings. The van der Waals surface area contributed by atoms with Gasteiger partial charge in [-0.3, -0.25) is 4.79 Å². The minimum absolute atomic E-state index is 0.0123. The minimum atomic E-state index is -0.0750. The number of halogens is 1. The van der Waals surface area contributed by atoms with Crippen LogP contribution in [0.2, 0.25) is 5.02 Å². The van der Waals surface area contributed by atoms with Crippen LogP contribution in [0.15, 0.2) is 42.5 Å². The van der Waals surface area contributed by atoms with E-state index in [-0.39, 0.29) is 17.9 Å². The van der Waals surface area contributed by atoms with Crippen molar-refractivity contribution in [2.75, 3.05) is 18.1 Å². The first-order valence-electron chi connectivity index (χ1n) is 8.18. The normalized spacial score (nSPS) is 13.8. The number of fused-ring (bicyclic) bond motifs is 1. The average Bonchev–Trinajstić information content (AvgIpc) is 2.96. The summed E-state index contributed by atoms with van der Waals surface area (Å²) in [5, 5.41) is 0.583. The number of ether oxygens (including phenoxy) is 1. The van der Waals surface area contributed by atoms with Crippen LogP contribution in [-0.2, 0) is 16.6 Å². The molecule has 1 amide bonds. The summed E-state index contributed by atoms with van der Waals surface area (Å²) >= 11 is 6.47. The van der Waals surface area contributed by atoms with Gasteiger partial charge in [-0.05, 0) is 35.1 Å². The number of para-hydroxylation sites is 1. The number of nitrogens with zero attached hydrogens (tertiary/aromatic N) is 1. The predicted molar refractivity (Wildman–Crippen MR) is 98.1 cm³/mol. The van der Waals surface area contributed by atoms with Gasteiger partial charge in [0.15, 0.2) is 6.61 Å². The van der Waals surface area contributed by atoms with Crippen molar-refractivity contribution >= 4 is 23.2 Å². The number of amides is 1. The van der Waals surface area contributed by atoms with E-state index in [0.29, 0.717) is 17.3 Å². The highest BCUT2D eigenvalue weighted by molar-refractivity contribution is 6.33. The Kier molecular flexibility index (Phi) is 4.55. The van der Waals surface area contributed by atoms with Gasteiger partial charge in [0.25, 0.3) is 5.91 Å². The van der Waals surface area contributed by atoms with Gasteiger partial charge in [0.05, 0.1) is 5.02 Å². The van der Waals surface area contributed by atoms with Gasteiger partial charge in [0, 0.05) is 12.2 Å². The highest BCUT2D eigenvalue weighted by Gasteiger charge is 2.25. The van der Waals surface area contributed by atoms with Gasteiger partial charge in [0.1, 0.15) is 5.75 Å². The first-order valence-corrected chi connectivity index (χ1v) is 8.56. The number of benzene rings is 2. The maximum Gasteiger partial charge on any atom is 0.264 e. The van der Waals surface area contributed by atoms with E-state index in [1.165, 1.54) is 5.56 Å². The molecule has 3 rings (SSSR count). The Labute approximate surface area is 148 Å². The maximum atomic E-state index is 12.5. The Morgan fingerprint density at radius 1 is 1.17 bits per heavy atom. The fourth-order valence-electron chi connectivity index (χ4n) is 3.02. The van der Waals surface area contributed by atoms with Crippen molar-refractivity contribution in [2.45, 2.75) is 32.6 Å². The molecule has 2 aromatic carbocycles. The molecule has 1 aliphatic rings. The smallest absolute Gasteiger partial charge is 0.264 e. The molecule has 0 bridgehead atoms. The first kappa shape index (κ1) is 16.8. The van der Waals surface area contributed by atoms with Gasteiger partial charge < -0.3 is 9.64 Å². The van der Waals surface area contributed by atoms with Gasteiger partial charge in [-0.2, -0.15) is 0 Å². The summed E-state index contributed by atoms with van der Waals surface area (Å²) in [6.45, 7) is 7.00. The standard InChI is InChI=1S/C20H22ClNO2/c1-20(2,3)15-8-6-10-17(19(15)21)24-13-18(23)22-12-11-14-7-4-5-9-16(14)22/h4-10H,11-13H2,1-3H3. The highest BCUT2D eigenvalue weighted by Crippen LogP contribution is 2.36. The summed E-state index contributed by atoms with van der Waals surface area (Å²) in [6.07, 6.45) is 0.891.